The molecule has 1 heterocycles. The summed E-state index contributed by atoms with van der Waals surface area (Å²) in [5, 5.41) is 0. The number of benzene rings is 1. The molecule has 3 nitrogen and oxygen atoms in total. The molecule has 0 aromatic heterocycles. The first-order valence-corrected chi connectivity index (χ1v) is 6.46. The molecule has 1 atom stereocenters. The Bertz CT molecular complexity index is 416. The first-order valence-electron chi connectivity index (χ1n) is 6.46. The van der Waals surface area contributed by atoms with Crippen LogP contribution in [0.15, 0.2) is 24.3 Å². The Morgan fingerprint density at radius 1 is 1.28 bits per heavy atom. The van der Waals surface area contributed by atoms with Crippen LogP contribution >= 0.6 is 0 Å². The monoisotopic (exact) mass is 250 g/mol. The van der Waals surface area contributed by atoms with Gasteiger partial charge in [0, 0.05) is 31.1 Å². The van der Waals surface area contributed by atoms with Crippen molar-refractivity contribution in [1.82, 2.24) is 4.90 Å². The van der Waals surface area contributed by atoms with Crippen molar-refractivity contribution < 1.29 is 9.18 Å². The Hall–Kier alpha value is -1.42. The summed E-state index contributed by atoms with van der Waals surface area (Å²) in [5.41, 5.74) is 6.34. The number of carbonyl (C=O) groups excluding carboxylic acids is 1. The number of rotatable bonds is 3. The van der Waals surface area contributed by atoms with Crippen LogP contribution in [-0.2, 0) is 4.79 Å². The van der Waals surface area contributed by atoms with Crippen molar-refractivity contribution in [3.05, 3.63) is 35.6 Å². The molecule has 0 bridgehead atoms. The number of halogens is 1. The number of hydrogen-bond donors (Lipinski definition) is 1. The number of nitrogens with zero attached hydrogens (tertiary/aromatic N) is 1. The zero-order valence-electron chi connectivity index (χ0n) is 10.4. The van der Waals surface area contributed by atoms with Crippen molar-refractivity contribution in [2.24, 2.45) is 5.73 Å². The van der Waals surface area contributed by atoms with Gasteiger partial charge in [-0.3, -0.25) is 4.79 Å². The van der Waals surface area contributed by atoms with Gasteiger partial charge in [0.05, 0.1) is 0 Å². The summed E-state index contributed by atoms with van der Waals surface area (Å²) in [6.07, 6.45) is 3.48. The molecule has 0 radical (unpaired) electrons. The maximum absolute atomic E-state index is 13.5. The highest BCUT2D eigenvalue weighted by molar-refractivity contribution is 5.77. The number of nitrogens with two attached hydrogens (primary N) is 1. The Kier molecular flexibility index (Phi) is 4.31. The quantitative estimate of drug-likeness (QED) is 0.894. The SMILES string of the molecule is NC(CC(=O)N1CCCCC1)c1ccccc1F. The van der Waals surface area contributed by atoms with Crippen molar-refractivity contribution in [2.45, 2.75) is 31.7 Å². The number of amides is 1. The second kappa shape index (κ2) is 5.96. The maximum atomic E-state index is 13.5. The van der Waals surface area contributed by atoms with E-state index in [9.17, 15) is 9.18 Å². The summed E-state index contributed by atoms with van der Waals surface area (Å²) in [5.74, 6) is -0.304. The van der Waals surface area contributed by atoms with E-state index in [0.717, 1.165) is 25.9 Å². The molecule has 1 aliphatic rings. The summed E-state index contributed by atoms with van der Waals surface area (Å²) < 4.78 is 13.5. The van der Waals surface area contributed by atoms with Gasteiger partial charge in [-0.25, -0.2) is 4.39 Å². The molecule has 1 aliphatic heterocycles. The second-order valence-electron chi connectivity index (χ2n) is 4.77. The first-order chi connectivity index (χ1) is 8.68. The van der Waals surface area contributed by atoms with Crippen molar-refractivity contribution in [1.29, 1.82) is 0 Å². The van der Waals surface area contributed by atoms with E-state index >= 15 is 0 Å². The van der Waals surface area contributed by atoms with Gasteiger partial charge < -0.3 is 10.6 Å². The molecule has 1 aromatic rings. The third-order valence-corrected chi connectivity index (χ3v) is 3.41. The fraction of sp³-hybridized carbons (Fsp3) is 0.500. The molecule has 0 saturated carbocycles. The van der Waals surface area contributed by atoms with Crippen molar-refractivity contribution in [3.63, 3.8) is 0 Å². The van der Waals surface area contributed by atoms with Crippen LogP contribution in [0.1, 0.15) is 37.3 Å². The van der Waals surface area contributed by atoms with Crippen LogP contribution in [0.3, 0.4) is 0 Å². The van der Waals surface area contributed by atoms with Crippen LogP contribution in [0.4, 0.5) is 4.39 Å². The first kappa shape index (κ1) is 13.0. The van der Waals surface area contributed by atoms with Gasteiger partial charge in [0.1, 0.15) is 5.82 Å². The summed E-state index contributed by atoms with van der Waals surface area (Å²) in [7, 11) is 0. The molecule has 98 valence electrons. The Morgan fingerprint density at radius 2 is 1.94 bits per heavy atom. The Labute approximate surface area is 107 Å². The van der Waals surface area contributed by atoms with Gasteiger partial charge in [0.25, 0.3) is 0 Å². The van der Waals surface area contributed by atoms with Gasteiger partial charge in [-0.2, -0.15) is 0 Å². The van der Waals surface area contributed by atoms with Crippen molar-refractivity contribution in [2.75, 3.05) is 13.1 Å². The lowest BCUT2D eigenvalue weighted by Gasteiger charge is -2.27. The van der Waals surface area contributed by atoms with Gasteiger partial charge in [-0.15, -0.1) is 0 Å². The summed E-state index contributed by atoms with van der Waals surface area (Å²) >= 11 is 0. The van der Waals surface area contributed by atoms with Crippen LogP contribution in [-0.4, -0.2) is 23.9 Å². The van der Waals surface area contributed by atoms with Gasteiger partial charge in [-0.1, -0.05) is 18.2 Å². The molecule has 2 rings (SSSR count). The Balaban J connectivity index is 1.96. The van der Waals surface area contributed by atoms with E-state index in [2.05, 4.69) is 0 Å². The van der Waals surface area contributed by atoms with E-state index < -0.39 is 6.04 Å². The van der Waals surface area contributed by atoms with Crippen LogP contribution in [0.25, 0.3) is 0 Å². The topological polar surface area (TPSA) is 46.3 Å². The molecule has 1 saturated heterocycles. The standard InChI is InChI=1S/C14H19FN2O/c15-12-7-3-2-6-11(12)13(16)10-14(18)17-8-4-1-5-9-17/h2-3,6-7,13H,1,4-5,8-10,16H2. The predicted octanol–water partition coefficient (Wildman–Crippen LogP) is 2.23. The Morgan fingerprint density at radius 3 is 2.61 bits per heavy atom. The van der Waals surface area contributed by atoms with E-state index in [0.29, 0.717) is 5.56 Å². The highest BCUT2D eigenvalue weighted by Crippen LogP contribution is 2.19. The third-order valence-electron chi connectivity index (χ3n) is 3.41. The van der Waals surface area contributed by atoms with E-state index in [1.807, 2.05) is 4.90 Å². The van der Waals surface area contributed by atoms with Crippen molar-refractivity contribution >= 4 is 5.91 Å². The number of likely N-dealkylation sites (tertiary alicyclic amines) is 1. The highest BCUT2D eigenvalue weighted by Gasteiger charge is 2.20. The lowest BCUT2D eigenvalue weighted by Crippen LogP contribution is -2.37. The number of hydrogen-bond acceptors (Lipinski definition) is 2. The normalized spacial score (nSPS) is 17.6. The third kappa shape index (κ3) is 3.07. The largest absolute Gasteiger partial charge is 0.343 e. The van der Waals surface area contributed by atoms with Gasteiger partial charge in [-0.05, 0) is 25.3 Å². The molecule has 1 aromatic carbocycles. The average molecular weight is 250 g/mol. The summed E-state index contributed by atoms with van der Waals surface area (Å²) in [4.78, 5) is 13.9. The fourth-order valence-corrected chi connectivity index (χ4v) is 2.35. The highest BCUT2D eigenvalue weighted by atomic mass is 19.1. The molecule has 1 fully saturated rings. The van der Waals surface area contributed by atoms with E-state index in [1.54, 1.807) is 18.2 Å². The average Bonchev–Trinajstić information content (AvgIpc) is 2.40. The van der Waals surface area contributed by atoms with Gasteiger partial charge in [0.2, 0.25) is 5.91 Å². The van der Waals surface area contributed by atoms with Crippen molar-refractivity contribution in [3.8, 4) is 0 Å². The minimum Gasteiger partial charge on any atom is -0.343 e. The molecule has 18 heavy (non-hydrogen) atoms. The van der Waals surface area contributed by atoms with E-state index in [4.69, 9.17) is 5.73 Å². The lowest BCUT2D eigenvalue weighted by atomic mass is 10.0. The molecule has 2 N–H and O–H groups in total. The molecule has 4 heteroatoms. The van der Waals surface area contributed by atoms with Crippen LogP contribution in [0.5, 0.6) is 0 Å². The van der Waals surface area contributed by atoms with Gasteiger partial charge in [0.15, 0.2) is 0 Å². The molecule has 1 amide bonds. The molecular weight excluding hydrogens is 231 g/mol. The van der Waals surface area contributed by atoms with Gasteiger partial charge >= 0.3 is 0 Å². The van der Waals surface area contributed by atoms with E-state index in [1.165, 1.54) is 12.5 Å². The molecular formula is C14H19FN2O. The predicted molar refractivity (Wildman–Crippen MR) is 68.4 cm³/mol. The van der Waals surface area contributed by atoms with Crippen LogP contribution < -0.4 is 5.73 Å². The summed E-state index contributed by atoms with van der Waals surface area (Å²) in [6, 6.07) is 5.83. The molecule has 0 aliphatic carbocycles. The minimum absolute atomic E-state index is 0.0328. The fourth-order valence-electron chi connectivity index (χ4n) is 2.35. The van der Waals surface area contributed by atoms with Crippen LogP contribution in [0.2, 0.25) is 0 Å². The molecule has 1 unspecified atom stereocenters. The van der Waals surface area contributed by atoms with E-state index in [-0.39, 0.29) is 18.1 Å². The zero-order valence-corrected chi connectivity index (χ0v) is 10.4. The minimum atomic E-state index is -0.555. The van der Waals surface area contributed by atoms with Crippen LogP contribution in [0, 0.1) is 5.82 Å². The second-order valence-corrected chi connectivity index (χ2v) is 4.77. The molecule has 0 spiro atoms. The number of piperidine rings is 1. The smallest absolute Gasteiger partial charge is 0.224 e. The lowest BCUT2D eigenvalue weighted by molar-refractivity contribution is -0.132. The number of carbonyl (C=O) groups is 1. The maximum Gasteiger partial charge on any atom is 0.224 e. The zero-order chi connectivity index (χ0) is 13.0. The summed E-state index contributed by atoms with van der Waals surface area (Å²) in [6.45, 7) is 1.62.